The minimum Gasteiger partial charge on any atom is -0.0538 e. The Kier molecular flexibility index (Phi) is 3.27. The van der Waals surface area contributed by atoms with Gasteiger partial charge in [-0.05, 0) is 67.8 Å². The zero-order valence-electron chi connectivity index (χ0n) is 15.4. The van der Waals surface area contributed by atoms with Crippen LogP contribution in [-0.2, 0) is 0 Å². The number of rotatable bonds is 3. The lowest BCUT2D eigenvalue weighted by molar-refractivity contribution is 1.53. The Morgan fingerprint density at radius 1 is 0.250 bits per heavy atom. The second kappa shape index (κ2) is 5.94. The molecule has 2 aliphatic carbocycles. The third-order valence-electron chi connectivity index (χ3n) is 5.83. The Balaban J connectivity index is 1.27. The zero-order chi connectivity index (χ0) is 18.5. The fourth-order valence-corrected chi connectivity index (χ4v) is 3.98. The van der Waals surface area contributed by atoms with Crippen LogP contribution in [-0.4, -0.2) is 0 Å². The van der Waals surface area contributed by atoms with Gasteiger partial charge in [-0.25, -0.2) is 0 Å². The molecule has 4 aromatic carbocycles. The van der Waals surface area contributed by atoms with E-state index in [1.807, 2.05) is 0 Å². The first kappa shape index (κ1) is 15.4. The van der Waals surface area contributed by atoms with Gasteiger partial charge in [-0.1, -0.05) is 97.1 Å². The third-order valence-corrected chi connectivity index (χ3v) is 5.83. The van der Waals surface area contributed by atoms with E-state index in [1.54, 1.807) is 0 Å². The van der Waals surface area contributed by atoms with Crippen molar-refractivity contribution in [2.75, 3.05) is 0 Å². The summed E-state index contributed by atoms with van der Waals surface area (Å²) in [5, 5.41) is 0. The molecule has 0 unspecified atom stereocenters. The van der Waals surface area contributed by atoms with Crippen LogP contribution in [0.2, 0.25) is 0 Å². The van der Waals surface area contributed by atoms with Gasteiger partial charge in [0.25, 0.3) is 0 Å². The Labute approximate surface area is 165 Å². The first-order valence-corrected chi connectivity index (χ1v) is 9.69. The summed E-state index contributed by atoms with van der Waals surface area (Å²) in [4.78, 5) is 0. The molecule has 0 heterocycles. The van der Waals surface area contributed by atoms with Crippen LogP contribution in [0.5, 0.6) is 0 Å². The molecule has 6 rings (SSSR count). The summed E-state index contributed by atoms with van der Waals surface area (Å²) in [6.07, 6.45) is 8.65. The molecule has 0 radical (unpaired) electrons. The first-order chi connectivity index (χ1) is 13.8. The molecule has 0 aromatic heterocycles. The SMILES string of the molecule is C1=Cc2cc(-c3ccc(-c4ccc(-c5ccc6c(c5)C=C6)cc4)cc3)ccc21. The molecule has 0 heteroatoms. The molecule has 0 atom stereocenters. The quantitative estimate of drug-likeness (QED) is 0.306. The highest BCUT2D eigenvalue weighted by Crippen LogP contribution is 2.32. The highest BCUT2D eigenvalue weighted by atomic mass is 14.1. The minimum absolute atomic E-state index is 1.25. The molecule has 2 aliphatic rings. The van der Waals surface area contributed by atoms with Crippen LogP contribution in [0.4, 0.5) is 0 Å². The van der Waals surface area contributed by atoms with Gasteiger partial charge in [0.2, 0.25) is 0 Å². The molecule has 0 fully saturated rings. The maximum atomic E-state index is 2.27. The predicted molar refractivity (Wildman–Crippen MR) is 121 cm³/mol. The topological polar surface area (TPSA) is 0 Å². The van der Waals surface area contributed by atoms with Gasteiger partial charge in [-0.3, -0.25) is 0 Å². The van der Waals surface area contributed by atoms with Crippen molar-refractivity contribution in [1.82, 2.24) is 0 Å². The van der Waals surface area contributed by atoms with Crippen LogP contribution in [0, 0.1) is 0 Å². The average molecular weight is 354 g/mol. The fourth-order valence-electron chi connectivity index (χ4n) is 3.98. The Hall–Kier alpha value is -3.64. The van der Waals surface area contributed by atoms with E-state index in [0.29, 0.717) is 0 Å². The fraction of sp³-hybridized carbons (Fsp3) is 0. The standard InChI is InChI=1S/C28H18/c1-5-21(25-13-9-23-11-15-27(23)17-25)6-2-19(1)20-3-7-22(8-4-20)26-14-10-24-12-16-28(24)18-26/h1-18H. The van der Waals surface area contributed by atoms with E-state index in [0.717, 1.165) is 0 Å². The second-order valence-electron chi connectivity index (χ2n) is 7.51. The van der Waals surface area contributed by atoms with E-state index in [1.165, 1.54) is 55.6 Å². The lowest BCUT2D eigenvalue weighted by Gasteiger charge is -2.13. The van der Waals surface area contributed by atoms with E-state index in [9.17, 15) is 0 Å². The molecule has 0 spiro atoms. The van der Waals surface area contributed by atoms with Crippen molar-refractivity contribution in [1.29, 1.82) is 0 Å². The maximum Gasteiger partial charge on any atom is -0.0178 e. The Morgan fingerprint density at radius 2 is 0.536 bits per heavy atom. The molecule has 130 valence electrons. The van der Waals surface area contributed by atoms with Crippen LogP contribution in [0.15, 0.2) is 84.9 Å². The van der Waals surface area contributed by atoms with Crippen LogP contribution in [0.1, 0.15) is 22.3 Å². The summed E-state index contributed by atoms with van der Waals surface area (Å²) in [6, 6.07) is 31.1. The number of hydrogen-bond acceptors (Lipinski definition) is 0. The van der Waals surface area contributed by atoms with Crippen LogP contribution in [0.3, 0.4) is 0 Å². The van der Waals surface area contributed by atoms with Crippen molar-refractivity contribution in [2.24, 2.45) is 0 Å². The van der Waals surface area contributed by atoms with E-state index in [-0.39, 0.29) is 0 Å². The lowest BCUT2D eigenvalue weighted by atomic mass is 9.91. The molecule has 4 aromatic rings. The van der Waals surface area contributed by atoms with E-state index < -0.39 is 0 Å². The van der Waals surface area contributed by atoms with Crippen molar-refractivity contribution in [3.63, 3.8) is 0 Å². The van der Waals surface area contributed by atoms with Crippen molar-refractivity contribution in [3.05, 3.63) is 107 Å². The summed E-state index contributed by atoms with van der Waals surface area (Å²) >= 11 is 0. The third kappa shape index (κ3) is 2.46. The largest absolute Gasteiger partial charge is 0.0538 e. The molecule has 0 saturated heterocycles. The molecule has 0 N–H and O–H groups in total. The second-order valence-corrected chi connectivity index (χ2v) is 7.51. The minimum atomic E-state index is 1.25. The monoisotopic (exact) mass is 354 g/mol. The molecule has 0 aliphatic heterocycles. The van der Waals surface area contributed by atoms with Gasteiger partial charge in [0.05, 0.1) is 0 Å². The van der Waals surface area contributed by atoms with Gasteiger partial charge in [0.15, 0.2) is 0 Å². The normalized spacial score (nSPS) is 12.7. The summed E-state index contributed by atoms with van der Waals surface area (Å²) in [7, 11) is 0. The summed E-state index contributed by atoms with van der Waals surface area (Å²) in [6.45, 7) is 0. The van der Waals surface area contributed by atoms with Crippen LogP contribution in [0.25, 0.3) is 57.7 Å². The molecule has 0 amide bonds. The molecular formula is C28H18. The summed E-state index contributed by atoms with van der Waals surface area (Å²) in [5.74, 6) is 0. The molecular weight excluding hydrogens is 336 g/mol. The molecule has 0 nitrogen and oxygen atoms in total. The molecule has 28 heavy (non-hydrogen) atoms. The van der Waals surface area contributed by atoms with Crippen molar-refractivity contribution < 1.29 is 0 Å². The van der Waals surface area contributed by atoms with Gasteiger partial charge < -0.3 is 0 Å². The van der Waals surface area contributed by atoms with Crippen molar-refractivity contribution >= 4 is 24.3 Å². The van der Waals surface area contributed by atoms with E-state index in [4.69, 9.17) is 0 Å². The van der Waals surface area contributed by atoms with Crippen LogP contribution < -0.4 is 0 Å². The van der Waals surface area contributed by atoms with Crippen LogP contribution >= 0.6 is 0 Å². The number of hydrogen-bond donors (Lipinski definition) is 0. The van der Waals surface area contributed by atoms with E-state index in [2.05, 4.69) is 109 Å². The smallest absolute Gasteiger partial charge is 0.0178 e. The number of fused-ring (bicyclic) bond motifs is 2. The molecule has 0 bridgehead atoms. The summed E-state index contributed by atoms with van der Waals surface area (Å²) < 4.78 is 0. The van der Waals surface area contributed by atoms with Gasteiger partial charge in [-0.2, -0.15) is 0 Å². The lowest BCUT2D eigenvalue weighted by Crippen LogP contribution is -1.90. The van der Waals surface area contributed by atoms with E-state index >= 15 is 0 Å². The first-order valence-electron chi connectivity index (χ1n) is 9.69. The van der Waals surface area contributed by atoms with Gasteiger partial charge in [0, 0.05) is 0 Å². The number of benzene rings is 4. The maximum absolute atomic E-state index is 2.27. The average Bonchev–Trinajstić information content (AvgIpc) is 2.70. The molecule has 0 saturated carbocycles. The van der Waals surface area contributed by atoms with Crippen molar-refractivity contribution in [3.8, 4) is 33.4 Å². The highest BCUT2D eigenvalue weighted by Gasteiger charge is 2.09. The van der Waals surface area contributed by atoms with Crippen molar-refractivity contribution in [2.45, 2.75) is 0 Å². The van der Waals surface area contributed by atoms with Gasteiger partial charge >= 0.3 is 0 Å². The predicted octanol–water partition coefficient (Wildman–Crippen LogP) is 7.66. The Bertz CT molecular complexity index is 1160. The summed E-state index contributed by atoms with van der Waals surface area (Å²) in [5.41, 5.74) is 12.9. The zero-order valence-corrected chi connectivity index (χ0v) is 15.4. The van der Waals surface area contributed by atoms with Gasteiger partial charge in [-0.15, -0.1) is 0 Å². The van der Waals surface area contributed by atoms with Gasteiger partial charge in [0.1, 0.15) is 0 Å². The highest BCUT2D eigenvalue weighted by molar-refractivity contribution is 5.89. The Morgan fingerprint density at radius 3 is 0.821 bits per heavy atom.